The summed E-state index contributed by atoms with van der Waals surface area (Å²) in [6.07, 6.45) is 0.803. The summed E-state index contributed by atoms with van der Waals surface area (Å²) >= 11 is 13.3. The summed E-state index contributed by atoms with van der Waals surface area (Å²) < 4.78 is 10.9. The summed E-state index contributed by atoms with van der Waals surface area (Å²) in [6, 6.07) is 10.3. The summed E-state index contributed by atoms with van der Waals surface area (Å²) in [5, 5.41) is 4.65. The molecule has 3 rings (SSSR count). The number of hydrogen-bond acceptors (Lipinski definition) is 3. The Hall–Kier alpha value is -1.42. The van der Waals surface area contributed by atoms with Gasteiger partial charge >= 0.3 is 0 Å². The number of benzene rings is 2. The first-order valence-corrected chi connectivity index (χ1v) is 8.32. The molecule has 0 saturated heterocycles. The highest BCUT2D eigenvalue weighted by atomic mass is 35.5. The predicted octanol–water partition coefficient (Wildman–Crippen LogP) is 4.29. The van der Waals surface area contributed by atoms with E-state index in [1.165, 1.54) is 5.56 Å². The van der Waals surface area contributed by atoms with Gasteiger partial charge in [0, 0.05) is 12.5 Å². The number of fused-ring (bicyclic) bond motifs is 1. The van der Waals surface area contributed by atoms with Crippen molar-refractivity contribution in [2.45, 2.75) is 12.3 Å². The zero-order valence-corrected chi connectivity index (χ0v) is 14.7. The van der Waals surface area contributed by atoms with E-state index in [0.29, 0.717) is 21.5 Å². The Balaban J connectivity index is 2.26. The molecular weight excluding hydrogens is 333 g/mol. The van der Waals surface area contributed by atoms with Crippen LogP contribution in [0.5, 0.6) is 11.5 Å². The van der Waals surface area contributed by atoms with Crippen LogP contribution in [0.1, 0.15) is 22.6 Å². The van der Waals surface area contributed by atoms with E-state index in [4.69, 9.17) is 32.7 Å². The van der Waals surface area contributed by atoms with Crippen LogP contribution in [0.2, 0.25) is 10.0 Å². The number of nitrogens with one attached hydrogen (secondary N) is 1. The van der Waals surface area contributed by atoms with Gasteiger partial charge in [-0.05, 0) is 29.7 Å². The Kier molecular flexibility index (Phi) is 5.00. The van der Waals surface area contributed by atoms with Crippen molar-refractivity contribution < 1.29 is 9.47 Å². The fourth-order valence-corrected chi connectivity index (χ4v) is 3.98. The minimum atomic E-state index is 0.124. The fraction of sp³-hybridized carbons (Fsp3) is 0.333. The van der Waals surface area contributed by atoms with E-state index in [1.807, 2.05) is 18.2 Å². The molecule has 0 spiro atoms. The first-order chi connectivity index (χ1) is 11.2. The lowest BCUT2D eigenvalue weighted by molar-refractivity contribution is 0.354. The van der Waals surface area contributed by atoms with Gasteiger partial charge in [-0.3, -0.25) is 0 Å². The Bertz CT molecular complexity index is 704. The van der Waals surface area contributed by atoms with Gasteiger partial charge < -0.3 is 14.8 Å². The smallest absolute Gasteiger partial charge is 0.181 e. The summed E-state index contributed by atoms with van der Waals surface area (Å²) in [5.41, 5.74) is 3.27. The predicted molar refractivity (Wildman–Crippen MR) is 94.4 cm³/mol. The Morgan fingerprint density at radius 2 is 1.65 bits per heavy atom. The van der Waals surface area contributed by atoms with Crippen LogP contribution >= 0.6 is 23.2 Å². The third-order valence-electron chi connectivity index (χ3n) is 4.29. The monoisotopic (exact) mass is 351 g/mol. The second-order valence-electron chi connectivity index (χ2n) is 5.50. The first-order valence-electron chi connectivity index (χ1n) is 7.56. The summed E-state index contributed by atoms with van der Waals surface area (Å²) in [7, 11) is 3.16. The van der Waals surface area contributed by atoms with Crippen LogP contribution in [0.15, 0.2) is 30.3 Å². The lowest BCUT2D eigenvalue weighted by Crippen LogP contribution is -2.21. The molecule has 1 aliphatic heterocycles. The Labute approximate surface area is 146 Å². The summed E-state index contributed by atoms with van der Waals surface area (Å²) in [5.74, 6) is 1.13. The van der Waals surface area contributed by atoms with Crippen LogP contribution in [0.4, 0.5) is 0 Å². The molecule has 1 heterocycles. The summed E-state index contributed by atoms with van der Waals surface area (Å²) in [6.45, 7) is 1.66. The normalized spacial score (nSPS) is 17.3. The maximum absolute atomic E-state index is 6.71. The van der Waals surface area contributed by atoms with E-state index in [9.17, 15) is 0 Å². The third kappa shape index (κ3) is 2.89. The molecule has 1 atom stereocenters. The molecule has 2 aromatic rings. The maximum atomic E-state index is 6.71. The van der Waals surface area contributed by atoms with Gasteiger partial charge in [0.25, 0.3) is 0 Å². The van der Waals surface area contributed by atoms with Crippen molar-refractivity contribution in [3.8, 4) is 11.5 Å². The van der Waals surface area contributed by atoms with E-state index in [1.54, 1.807) is 14.2 Å². The van der Waals surface area contributed by atoms with Crippen molar-refractivity contribution in [3.05, 3.63) is 57.1 Å². The molecule has 3 nitrogen and oxygen atoms in total. The SMILES string of the molecule is COc1c(Cl)c2c(c(Cl)c1OC)C(c1ccccc1)CNCC2. The van der Waals surface area contributed by atoms with E-state index < -0.39 is 0 Å². The number of rotatable bonds is 3. The van der Waals surface area contributed by atoms with Gasteiger partial charge in [-0.1, -0.05) is 53.5 Å². The topological polar surface area (TPSA) is 30.5 Å². The second kappa shape index (κ2) is 7.00. The van der Waals surface area contributed by atoms with Crippen molar-refractivity contribution in [3.63, 3.8) is 0 Å². The van der Waals surface area contributed by atoms with Gasteiger partial charge in [-0.15, -0.1) is 0 Å². The lowest BCUT2D eigenvalue weighted by atomic mass is 9.87. The fourth-order valence-electron chi connectivity index (χ4n) is 3.21. The molecule has 2 aromatic carbocycles. The highest BCUT2D eigenvalue weighted by Crippen LogP contribution is 2.49. The molecular formula is C18H19Cl2NO2. The maximum Gasteiger partial charge on any atom is 0.181 e. The van der Waals surface area contributed by atoms with Crippen LogP contribution in [-0.2, 0) is 6.42 Å². The molecule has 5 heteroatoms. The lowest BCUT2D eigenvalue weighted by Gasteiger charge is -2.23. The van der Waals surface area contributed by atoms with Gasteiger partial charge in [-0.2, -0.15) is 0 Å². The van der Waals surface area contributed by atoms with Gasteiger partial charge in [-0.25, -0.2) is 0 Å². The van der Waals surface area contributed by atoms with Crippen molar-refractivity contribution in [2.24, 2.45) is 0 Å². The van der Waals surface area contributed by atoms with Crippen LogP contribution in [0.25, 0.3) is 0 Å². The number of hydrogen-bond donors (Lipinski definition) is 1. The Morgan fingerprint density at radius 1 is 1.00 bits per heavy atom. The molecule has 122 valence electrons. The zero-order valence-electron chi connectivity index (χ0n) is 13.2. The standard InChI is InChI=1S/C18H19Cl2NO2/c1-22-17-15(19)12-8-9-21-10-13(11-6-4-3-5-7-11)14(12)16(20)18(17)23-2/h3-7,13,21H,8-10H2,1-2H3. The molecule has 1 N–H and O–H groups in total. The molecule has 1 unspecified atom stereocenters. The molecule has 0 fully saturated rings. The molecule has 0 bridgehead atoms. The van der Waals surface area contributed by atoms with Crippen molar-refractivity contribution in [2.75, 3.05) is 27.3 Å². The quantitative estimate of drug-likeness (QED) is 0.894. The summed E-state index contributed by atoms with van der Waals surface area (Å²) in [4.78, 5) is 0. The molecule has 0 aliphatic carbocycles. The van der Waals surface area contributed by atoms with E-state index in [-0.39, 0.29) is 5.92 Å². The molecule has 0 saturated carbocycles. The van der Waals surface area contributed by atoms with Gasteiger partial charge in [0.2, 0.25) is 0 Å². The molecule has 0 aromatic heterocycles. The van der Waals surface area contributed by atoms with Gasteiger partial charge in [0.1, 0.15) is 0 Å². The molecule has 0 amide bonds. The van der Waals surface area contributed by atoms with Gasteiger partial charge in [0.05, 0.1) is 24.3 Å². The first kappa shape index (κ1) is 16.4. The minimum absolute atomic E-state index is 0.124. The van der Waals surface area contributed by atoms with Crippen LogP contribution < -0.4 is 14.8 Å². The number of ether oxygens (including phenoxy) is 2. The number of halogens is 2. The van der Waals surface area contributed by atoms with E-state index >= 15 is 0 Å². The van der Waals surface area contributed by atoms with E-state index in [2.05, 4.69) is 17.4 Å². The second-order valence-corrected chi connectivity index (χ2v) is 6.26. The van der Waals surface area contributed by atoms with Crippen molar-refractivity contribution in [1.29, 1.82) is 0 Å². The van der Waals surface area contributed by atoms with Crippen molar-refractivity contribution in [1.82, 2.24) is 5.32 Å². The van der Waals surface area contributed by atoms with Crippen LogP contribution in [0, 0.1) is 0 Å². The van der Waals surface area contributed by atoms with Gasteiger partial charge in [0.15, 0.2) is 11.5 Å². The molecule has 1 aliphatic rings. The third-order valence-corrected chi connectivity index (χ3v) is 5.07. The Morgan fingerprint density at radius 3 is 2.30 bits per heavy atom. The zero-order chi connectivity index (χ0) is 16.4. The highest BCUT2D eigenvalue weighted by Gasteiger charge is 2.30. The van der Waals surface area contributed by atoms with E-state index in [0.717, 1.165) is 30.6 Å². The average Bonchev–Trinajstić information content (AvgIpc) is 2.81. The minimum Gasteiger partial charge on any atom is -0.491 e. The van der Waals surface area contributed by atoms with Crippen molar-refractivity contribution >= 4 is 23.2 Å². The highest BCUT2D eigenvalue weighted by molar-refractivity contribution is 6.37. The van der Waals surface area contributed by atoms with Crippen LogP contribution in [0.3, 0.4) is 0 Å². The molecule has 23 heavy (non-hydrogen) atoms. The number of methoxy groups -OCH3 is 2. The molecule has 0 radical (unpaired) electrons. The van der Waals surface area contributed by atoms with Crippen LogP contribution in [-0.4, -0.2) is 27.3 Å². The largest absolute Gasteiger partial charge is 0.491 e. The average molecular weight is 352 g/mol.